The fraction of sp³-hybridized carbons (Fsp3) is 0.929. The van der Waals surface area contributed by atoms with Crippen LogP contribution in [0.25, 0.3) is 0 Å². The van der Waals surface area contributed by atoms with Gasteiger partial charge in [-0.3, -0.25) is 4.79 Å². The first-order chi connectivity index (χ1) is 8.60. The van der Waals surface area contributed by atoms with E-state index in [1.165, 1.54) is 26.4 Å². The summed E-state index contributed by atoms with van der Waals surface area (Å²) in [6.07, 6.45) is 4.79. The van der Waals surface area contributed by atoms with Crippen molar-refractivity contribution in [3.63, 3.8) is 0 Å². The number of carbonyl (C=O) groups is 1. The Morgan fingerprint density at radius 3 is 2.50 bits per heavy atom. The van der Waals surface area contributed by atoms with Gasteiger partial charge < -0.3 is 15.2 Å². The van der Waals surface area contributed by atoms with Crippen LogP contribution in [0.2, 0.25) is 0 Å². The van der Waals surface area contributed by atoms with Crippen molar-refractivity contribution in [1.82, 2.24) is 5.32 Å². The molecule has 4 unspecified atom stereocenters. The molecular weight excluding hydrogens is 230 g/mol. The summed E-state index contributed by atoms with van der Waals surface area (Å²) in [7, 11) is 1.43. The lowest BCUT2D eigenvalue weighted by molar-refractivity contribution is -0.145. The van der Waals surface area contributed by atoms with Crippen molar-refractivity contribution in [3.05, 3.63) is 0 Å². The Labute approximate surface area is 110 Å². The highest BCUT2D eigenvalue weighted by Crippen LogP contribution is 2.29. The number of ether oxygens (including phenoxy) is 1. The van der Waals surface area contributed by atoms with E-state index in [4.69, 9.17) is 4.74 Å². The summed E-state index contributed by atoms with van der Waals surface area (Å²) in [6, 6.07) is 0.110. The number of nitrogens with one attached hydrogen (secondary N) is 1. The maximum absolute atomic E-state index is 11.4. The van der Waals surface area contributed by atoms with Crippen LogP contribution in [-0.2, 0) is 9.53 Å². The summed E-state index contributed by atoms with van der Waals surface area (Å²) in [6.45, 7) is 5.06. The summed E-state index contributed by atoms with van der Waals surface area (Å²) in [4.78, 5) is 11.4. The van der Waals surface area contributed by atoms with E-state index in [0.717, 1.165) is 13.0 Å². The average Bonchev–Trinajstić information content (AvgIpc) is 2.43. The van der Waals surface area contributed by atoms with Crippen LogP contribution < -0.4 is 5.32 Å². The van der Waals surface area contributed by atoms with Crippen molar-refractivity contribution < 1.29 is 14.6 Å². The van der Waals surface area contributed by atoms with Crippen molar-refractivity contribution in [2.45, 2.75) is 45.6 Å². The molecule has 0 aliphatic heterocycles. The van der Waals surface area contributed by atoms with E-state index in [2.05, 4.69) is 5.32 Å². The number of methoxy groups -OCH3 is 1. The van der Waals surface area contributed by atoms with Crippen LogP contribution in [0.3, 0.4) is 0 Å². The van der Waals surface area contributed by atoms with E-state index >= 15 is 0 Å². The van der Waals surface area contributed by atoms with E-state index in [1.807, 2.05) is 13.8 Å². The lowest BCUT2D eigenvalue weighted by Gasteiger charge is -2.32. The molecule has 0 amide bonds. The maximum Gasteiger partial charge on any atom is 0.309 e. The smallest absolute Gasteiger partial charge is 0.309 e. The molecule has 0 saturated heterocycles. The van der Waals surface area contributed by atoms with Gasteiger partial charge in [-0.05, 0) is 38.1 Å². The molecule has 0 aromatic carbocycles. The molecule has 1 saturated carbocycles. The fourth-order valence-corrected chi connectivity index (χ4v) is 2.70. The Kier molecular flexibility index (Phi) is 6.65. The molecule has 106 valence electrons. The molecule has 1 aliphatic rings. The Morgan fingerprint density at radius 2 is 1.94 bits per heavy atom. The number of hydrogen-bond donors (Lipinski definition) is 2. The van der Waals surface area contributed by atoms with E-state index in [0.29, 0.717) is 11.8 Å². The second-order valence-corrected chi connectivity index (χ2v) is 5.50. The summed E-state index contributed by atoms with van der Waals surface area (Å²) in [5, 5.41) is 12.8. The number of rotatable bonds is 6. The van der Waals surface area contributed by atoms with Gasteiger partial charge in [-0.1, -0.05) is 19.8 Å². The molecule has 0 spiro atoms. The number of aliphatic hydroxyl groups is 1. The molecule has 4 nitrogen and oxygen atoms in total. The topological polar surface area (TPSA) is 58.6 Å². The van der Waals surface area contributed by atoms with Gasteiger partial charge >= 0.3 is 5.97 Å². The quantitative estimate of drug-likeness (QED) is 0.709. The molecule has 0 heterocycles. The number of aliphatic hydroxyl groups excluding tert-OH is 1. The molecular formula is C14H27NO3. The molecule has 4 heteroatoms. The Bertz CT molecular complexity index is 257. The van der Waals surface area contributed by atoms with Gasteiger partial charge in [-0.2, -0.15) is 0 Å². The predicted octanol–water partition coefficient (Wildman–Crippen LogP) is 1.57. The Hall–Kier alpha value is -0.610. The first-order valence-corrected chi connectivity index (χ1v) is 7.02. The zero-order valence-electron chi connectivity index (χ0n) is 11.8. The highest BCUT2D eigenvalue weighted by Gasteiger charge is 2.26. The van der Waals surface area contributed by atoms with Crippen molar-refractivity contribution in [2.75, 3.05) is 20.3 Å². The van der Waals surface area contributed by atoms with E-state index < -0.39 is 0 Å². The first kappa shape index (κ1) is 15.4. The molecule has 0 aromatic heterocycles. The molecule has 0 radical (unpaired) electrons. The third-order valence-electron chi connectivity index (χ3n) is 4.33. The SMILES string of the molecule is COC(=O)C(C)C(C)NCC1CCCCC1CO. The zero-order valence-corrected chi connectivity index (χ0v) is 11.8. The average molecular weight is 257 g/mol. The lowest BCUT2D eigenvalue weighted by atomic mass is 9.79. The monoisotopic (exact) mass is 257 g/mol. The highest BCUT2D eigenvalue weighted by atomic mass is 16.5. The standard InChI is InChI=1S/C14H27NO3/c1-10(14(17)18-3)11(2)15-8-12-6-4-5-7-13(12)9-16/h10-13,15-16H,4-9H2,1-3H3. The van der Waals surface area contributed by atoms with Crippen LogP contribution in [0.1, 0.15) is 39.5 Å². The molecule has 0 aromatic rings. The third kappa shape index (κ3) is 4.25. The van der Waals surface area contributed by atoms with E-state index in [-0.39, 0.29) is 24.5 Å². The summed E-state index contributed by atoms with van der Waals surface area (Å²) >= 11 is 0. The summed E-state index contributed by atoms with van der Waals surface area (Å²) in [5.41, 5.74) is 0. The lowest BCUT2D eigenvalue weighted by Crippen LogP contribution is -2.41. The van der Waals surface area contributed by atoms with Crippen molar-refractivity contribution in [2.24, 2.45) is 17.8 Å². The van der Waals surface area contributed by atoms with Crippen LogP contribution in [0, 0.1) is 17.8 Å². The number of esters is 1. The molecule has 1 aliphatic carbocycles. The molecule has 2 N–H and O–H groups in total. The van der Waals surface area contributed by atoms with Crippen molar-refractivity contribution in [3.8, 4) is 0 Å². The van der Waals surface area contributed by atoms with Crippen molar-refractivity contribution in [1.29, 1.82) is 0 Å². The maximum atomic E-state index is 11.4. The van der Waals surface area contributed by atoms with Crippen LogP contribution in [0.15, 0.2) is 0 Å². The Balaban J connectivity index is 2.36. The van der Waals surface area contributed by atoms with E-state index in [1.54, 1.807) is 0 Å². The van der Waals surface area contributed by atoms with Gasteiger partial charge in [-0.15, -0.1) is 0 Å². The number of hydrogen-bond acceptors (Lipinski definition) is 4. The largest absolute Gasteiger partial charge is 0.469 e. The van der Waals surface area contributed by atoms with Gasteiger partial charge in [0.25, 0.3) is 0 Å². The van der Waals surface area contributed by atoms with Gasteiger partial charge in [0.2, 0.25) is 0 Å². The minimum atomic E-state index is -0.169. The predicted molar refractivity (Wildman–Crippen MR) is 71.2 cm³/mol. The molecule has 18 heavy (non-hydrogen) atoms. The van der Waals surface area contributed by atoms with Gasteiger partial charge in [0.1, 0.15) is 0 Å². The van der Waals surface area contributed by atoms with E-state index in [9.17, 15) is 9.90 Å². The molecule has 1 rings (SSSR count). The molecule has 0 bridgehead atoms. The highest BCUT2D eigenvalue weighted by molar-refractivity contribution is 5.72. The summed E-state index contributed by atoms with van der Waals surface area (Å²) < 4.78 is 4.75. The van der Waals surface area contributed by atoms with Crippen molar-refractivity contribution >= 4 is 5.97 Å². The van der Waals surface area contributed by atoms with Gasteiger partial charge in [0.15, 0.2) is 0 Å². The first-order valence-electron chi connectivity index (χ1n) is 7.02. The summed E-state index contributed by atoms with van der Waals surface area (Å²) in [5.74, 6) is 0.659. The normalized spacial score (nSPS) is 27.6. The van der Waals surface area contributed by atoms with Gasteiger partial charge in [0, 0.05) is 12.6 Å². The van der Waals surface area contributed by atoms with Crippen LogP contribution in [-0.4, -0.2) is 37.4 Å². The van der Waals surface area contributed by atoms with Gasteiger partial charge in [0.05, 0.1) is 13.0 Å². The fourth-order valence-electron chi connectivity index (χ4n) is 2.70. The second-order valence-electron chi connectivity index (χ2n) is 5.50. The van der Waals surface area contributed by atoms with Crippen LogP contribution >= 0.6 is 0 Å². The minimum absolute atomic E-state index is 0.110. The van der Waals surface area contributed by atoms with Gasteiger partial charge in [-0.25, -0.2) is 0 Å². The number of carbonyl (C=O) groups excluding carboxylic acids is 1. The minimum Gasteiger partial charge on any atom is -0.469 e. The van der Waals surface area contributed by atoms with Crippen LogP contribution in [0.5, 0.6) is 0 Å². The molecule has 4 atom stereocenters. The zero-order chi connectivity index (χ0) is 13.5. The Morgan fingerprint density at radius 1 is 1.33 bits per heavy atom. The second kappa shape index (κ2) is 7.74. The molecule has 1 fully saturated rings. The van der Waals surface area contributed by atoms with Crippen LogP contribution in [0.4, 0.5) is 0 Å². The third-order valence-corrected chi connectivity index (χ3v) is 4.33.